The molecule has 1 atom stereocenters. The van der Waals surface area contributed by atoms with Gasteiger partial charge in [0, 0.05) is 25.8 Å². The number of benzene rings is 2. The van der Waals surface area contributed by atoms with Crippen molar-refractivity contribution >= 4 is 11.8 Å². The number of rotatable bonds is 10. The van der Waals surface area contributed by atoms with Gasteiger partial charge in [-0.1, -0.05) is 53.7 Å². The molecule has 42 heavy (non-hydrogen) atoms. The monoisotopic (exact) mass is 557 g/mol. The van der Waals surface area contributed by atoms with Crippen molar-refractivity contribution in [3.05, 3.63) is 102 Å². The molecule has 6 rings (SSSR count). The molecule has 210 valence electrons. The molecule has 0 spiro atoms. The quantitative estimate of drug-likeness (QED) is 0.250. The van der Waals surface area contributed by atoms with E-state index in [0.717, 1.165) is 35.7 Å². The summed E-state index contributed by atoms with van der Waals surface area (Å²) in [4.78, 5) is 16.8. The van der Waals surface area contributed by atoms with E-state index >= 15 is 0 Å². The smallest absolute Gasteiger partial charge is 0.224 e. The van der Waals surface area contributed by atoms with Crippen LogP contribution < -0.4 is 10.2 Å². The van der Waals surface area contributed by atoms with Gasteiger partial charge in [-0.3, -0.25) is 0 Å². The van der Waals surface area contributed by atoms with Crippen molar-refractivity contribution in [1.82, 2.24) is 29.9 Å². The van der Waals surface area contributed by atoms with Crippen molar-refractivity contribution in [2.24, 2.45) is 0 Å². The standard InChI is InChI=1S/C32H31N9O/c1-42-22-30(24-10-3-2-4-11-24)37-32-35-27(25-12-7-9-23(17-25)19-33)18-28(36-32)29-21-41(39-38-29)20-26-13-8-14-31(34-26)40-15-5-6-16-40/h2-4,7-14,17-18,21,30H,5-6,15-16,20,22H2,1H3,(H,35,36,37)/t30-/m1/s1. The fourth-order valence-electron chi connectivity index (χ4n) is 5.10. The Morgan fingerprint density at radius 2 is 1.71 bits per heavy atom. The molecule has 0 bridgehead atoms. The van der Waals surface area contributed by atoms with Gasteiger partial charge in [-0.2, -0.15) is 5.26 Å². The molecule has 1 aliphatic rings. The lowest BCUT2D eigenvalue weighted by Crippen LogP contribution is -2.19. The average molecular weight is 558 g/mol. The molecule has 3 aromatic heterocycles. The first-order valence-corrected chi connectivity index (χ1v) is 14.0. The van der Waals surface area contributed by atoms with Gasteiger partial charge in [0.1, 0.15) is 11.5 Å². The lowest BCUT2D eigenvalue weighted by molar-refractivity contribution is 0.186. The van der Waals surface area contributed by atoms with Gasteiger partial charge in [0.15, 0.2) is 0 Å². The fourth-order valence-corrected chi connectivity index (χ4v) is 5.10. The largest absolute Gasteiger partial charge is 0.382 e. The van der Waals surface area contributed by atoms with Crippen molar-refractivity contribution in [2.75, 3.05) is 37.0 Å². The van der Waals surface area contributed by atoms with E-state index in [4.69, 9.17) is 19.7 Å². The van der Waals surface area contributed by atoms with Crippen LogP contribution in [0, 0.1) is 11.3 Å². The van der Waals surface area contributed by atoms with Gasteiger partial charge in [-0.15, -0.1) is 5.10 Å². The summed E-state index contributed by atoms with van der Waals surface area (Å²) in [5.41, 5.74) is 5.21. The molecule has 1 fully saturated rings. The number of hydrogen-bond donors (Lipinski definition) is 1. The molecule has 0 unspecified atom stereocenters. The zero-order valence-electron chi connectivity index (χ0n) is 23.4. The highest BCUT2D eigenvalue weighted by atomic mass is 16.5. The third-order valence-electron chi connectivity index (χ3n) is 7.20. The molecular formula is C32H31N9O. The lowest BCUT2D eigenvalue weighted by atomic mass is 10.1. The van der Waals surface area contributed by atoms with E-state index in [2.05, 4.69) is 32.7 Å². The van der Waals surface area contributed by atoms with Gasteiger partial charge < -0.3 is 15.0 Å². The SMILES string of the molecule is COC[C@@H](Nc1nc(-c2cccc(C#N)c2)cc(-c2cn(Cc3cccc(N4CCCC4)n3)nn2)n1)c1ccccc1. The van der Waals surface area contributed by atoms with Gasteiger partial charge >= 0.3 is 0 Å². The number of methoxy groups -OCH3 is 1. The number of nitrogens with one attached hydrogen (secondary N) is 1. The minimum atomic E-state index is -0.172. The first-order valence-electron chi connectivity index (χ1n) is 14.0. The highest BCUT2D eigenvalue weighted by molar-refractivity contribution is 5.68. The molecule has 1 N–H and O–H groups in total. The van der Waals surface area contributed by atoms with Crippen LogP contribution in [0.25, 0.3) is 22.6 Å². The van der Waals surface area contributed by atoms with Crippen molar-refractivity contribution in [3.8, 4) is 28.7 Å². The second kappa shape index (κ2) is 12.6. The number of nitrogens with zero attached hydrogens (tertiary/aromatic N) is 8. The van der Waals surface area contributed by atoms with Crippen molar-refractivity contribution in [3.63, 3.8) is 0 Å². The van der Waals surface area contributed by atoms with Crippen LogP contribution in [-0.4, -0.2) is 56.8 Å². The Hall–Kier alpha value is -5.14. The fraction of sp³-hybridized carbons (Fsp3) is 0.250. The van der Waals surface area contributed by atoms with Crippen LogP contribution in [-0.2, 0) is 11.3 Å². The number of pyridine rings is 1. The Balaban J connectivity index is 1.32. The molecule has 0 amide bonds. The van der Waals surface area contributed by atoms with E-state index in [1.807, 2.05) is 72.9 Å². The summed E-state index contributed by atoms with van der Waals surface area (Å²) in [5.74, 6) is 1.43. The van der Waals surface area contributed by atoms with Crippen LogP contribution in [0.2, 0.25) is 0 Å². The second-order valence-corrected chi connectivity index (χ2v) is 10.2. The third-order valence-corrected chi connectivity index (χ3v) is 7.20. The molecule has 1 aliphatic heterocycles. The molecule has 4 heterocycles. The molecule has 5 aromatic rings. The van der Waals surface area contributed by atoms with E-state index < -0.39 is 0 Å². The van der Waals surface area contributed by atoms with Crippen molar-refractivity contribution < 1.29 is 4.74 Å². The first-order chi connectivity index (χ1) is 20.7. The molecule has 2 aromatic carbocycles. The van der Waals surface area contributed by atoms with Crippen LogP contribution >= 0.6 is 0 Å². The van der Waals surface area contributed by atoms with E-state index in [1.54, 1.807) is 17.9 Å². The van der Waals surface area contributed by atoms with Gasteiger partial charge in [-0.05, 0) is 48.7 Å². The second-order valence-electron chi connectivity index (χ2n) is 10.2. The average Bonchev–Trinajstić information content (AvgIpc) is 3.75. The van der Waals surface area contributed by atoms with Crippen LogP contribution in [0.1, 0.15) is 35.7 Å². The molecule has 1 saturated heterocycles. The minimum absolute atomic E-state index is 0.172. The third kappa shape index (κ3) is 6.27. The number of nitriles is 1. The summed E-state index contributed by atoms with van der Waals surface area (Å²) in [7, 11) is 1.67. The van der Waals surface area contributed by atoms with Crippen molar-refractivity contribution in [1.29, 1.82) is 5.26 Å². The Labute approximate surface area is 244 Å². The van der Waals surface area contributed by atoms with Crippen LogP contribution in [0.4, 0.5) is 11.8 Å². The molecular weight excluding hydrogens is 526 g/mol. The highest BCUT2D eigenvalue weighted by Crippen LogP contribution is 2.27. The lowest BCUT2D eigenvalue weighted by Gasteiger charge is -2.19. The van der Waals surface area contributed by atoms with Crippen molar-refractivity contribution in [2.45, 2.75) is 25.4 Å². The summed E-state index contributed by atoms with van der Waals surface area (Å²) >= 11 is 0. The zero-order chi connectivity index (χ0) is 28.7. The highest BCUT2D eigenvalue weighted by Gasteiger charge is 2.18. The zero-order valence-corrected chi connectivity index (χ0v) is 23.4. The van der Waals surface area contributed by atoms with Gasteiger partial charge in [0.2, 0.25) is 5.95 Å². The summed E-state index contributed by atoms with van der Waals surface area (Å²) in [6, 6.07) is 27.4. The summed E-state index contributed by atoms with van der Waals surface area (Å²) in [6.07, 6.45) is 4.28. The Morgan fingerprint density at radius 3 is 2.52 bits per heavy atom. The predicted molar refractivity (Wildman–Crippen MR) is 161 cm³/mol. The van der Waals surface area contributed by atoms with Gasteiger partial charge in [-0.25, -0.2) is 19.6 Å². The molecule has 10 heteroatoms. The normalized spacial score (nSPS) is 13.6. The van der Waals surface area contributed by atoms with E-state index in [-0.39, 0.29) is 6.04 Å². The maximum absolute atomic E-state index is 9.46. The van der Waals surface area contributed by atoms with E-state index in [9.17, 15) is 5.26 Å². The minimum Gasteiger partial charge on any atom is -0.382 e. The Morgan fingerprint density at radius 1 is 0.905 bits per heavy atom. The molecule has 10 nitrogen and oxygen atoms in total. The summed E-state index contributed by atoms with van der Waals surface area (Å²) in [6.45, 7) is 3.01. The summed E-state index contributed by atoms with van der Waals surface area (Å²) in [5, 5.41) is 21.7. The van der Waals surface area contributed by atoms with Crippen LogP contribution in [0.3, 0.4) is 0 Å². The van der Waals surface area contributed by atoms with Crippen LogP contribution in [0.5, 0.6) is 0 Å². The Bertz CT molecular complexity index is 1690. The maximum Gasteiger partial charge on any atom is 0.224 e. The van der Waals surface area contributed by atoms with Crippen LogP contribution in [0.15, 0.2) is 85.1 Å². The summed E-state index contributed by atoms with van der Waals surface area (Å²) < 4.78 is 7.27. The number of aromatic nitrogens is 6. The predicted octanol–water partition coefficient (Wildman–Crippen LogP) is 5.12. The number of hydrogen-bond acceptors (Lipinski definition) is 9. The molecule has 0 radical (unpaired) electrons. The first kappa shape index (κ1) is 27.1. The van der Waals surface area contributed by atoms with E-state index in [1.165, 1.54) is 12.8 Å². The number of anilines is 2. The van der Waals surface area contributed by atoms with Gasteiger partial charge in [0.05, 0.1) is 54.1 Å². The number of ether oxygens (including phenoxy) is 1. The molecule has 0 aliphatic carbocycles. The Kier molecular flexibility index (Phi) is 8.10. The maximum atomic E-state index is 9.46. The topological polar surface area (TPSA) is 118 Å². The van der Waals surface area contributed by atoms with E-state index in [0.29, 0.717) is 41.7 Å². The molecule has 0 saturated carbocycles. The van der Waals surface area contributed by atoms with Gasteiger partial charge in [0.25, 0.3) is 0 Å².